The Morgan fingerprint density at radius 2 is 1.46 bits per heavy atom. The summed E-state index contributed by atoms with van der Waals surface area (Å²) in [6.45, 7) is 0. The van der Waals surface area contributed by atoms with Crippen LogP contribution in [0, 0.1) is 0 Å². The number of anilines is 2. The van der Waals surface area contributed by atoms with E-state index in [1.54, 1.807) is 29.6 Å². The van der Waals surface area contributed by atoms with Crippen LogP contribution < -0.4 is 16.4 Å². The third-order valence-corrected chi connectivity index (χ3v) is 4.48. The minimum absolute atomic E-state index is 0.202. The molecule has 0 aliphatic heterocycles. The van der Waals surface area contributed by atoms with Crippen molar-refractivity contribution in [3.05, 3.63) is 64.5 Å². The number of rotatable bonds is 4. The summed E-state index contributed by atoms with van der Waals surface area (Å²) in [6, 6.07) is 10.2. The lowest BCUT2D eigenvalue weighted by Crippen LogP contribution is -2.19. The second-order valence-corrected chi connectivity index (χ2v) is 6.49. The highest BCUT2D eigenvalue weighted by atomic mass is 32.1. The van der Waals surface area contributed by atoms with Crippen molar-refractivity contribution in [2.75, 3.05) is 10.6 Å². The number of aromatic nitrogens is 1. The molecule has 4 N–H and O–H groups in total. The van der Waals surface area contributed by atoms with Crippen molar-refractivity contribution >= 4 is 34.6 Å². The Morgan fingerprint density at radius 3 is 1.93 bits per heavy atom. The summed E-state index contributed by atoms with van der Waals surface area (Å²) in [7, 11) is 0. The Bertz CT molecular complexity index is 999. The SMILES string of the molecule is NC(=O)c1nc(-c2ccc(NC(=O)Nc3ccc(C(F)(F)F)cc3)cc2)cs1. The van der Waals surface area contributed by atoms with Crippen LogP contribution in [-0.2, 0) is 6.18 Å². The van der Waals surface area contributed by atoms with E-state index in [1.807, 2.05) is 0 Å². The molecule has 0 spiro atoms. The topological polar surface area (TPSA) is 97.1 Å². The highest BCUT2D eigenvalue weighted by Crippen LogP contribution is 2.30. The van der Waals surface area contributed by atoms with Gasteiger partial charge in [0.1, 0.15) is 0 Å². The van der Waals surface area contributed by atoms with Gasteiger partial charge < -0.3 is 16.4 Å². The summed E-state index contributed by atoms with van der Waals surface area (Å²) in [5.41, 5.74) is 6.39. The Morgan fingerprint density at radius 1 is 0.929 bits per heavy atom. The van der Waals surface area contributed by atoms with Crippen LogP contribution >= 0.6 is 11.3 Å². The van der Waals surface area contributed by atoms with Crippen molar-refractivity contribution in [3.8, 4) is 11.3 Å². The molecule has 0 unspecified atom stereocenters. The van der Waals surface area contributed by atoms with Gasteiger partial charge in [0.2, 0.25) is 0 Å². The van der Waals surface area contributed by atoms with Gasteiger partial charge in [0.25, 0.3) is 5.91 Å². The maximum Gasteiger partial charge on any atom is 0.416 e. The lowest BCUT2D eigenvalue weighted by atomic mass is 10.1. The van der Waals surface area contributed by atoms with Crippen molar-refractivity contribution in [1.29, 1.82) is 0 Å². The minimum atomic E-state index is -4.43. The van der Waals surface area contributed by atoms with E-state index in [2.05, 4.69) is 15.6 Å². The molecule has 2 aromatic carbocycles. The zero-order valence-electron chi connectivity index (χ0n) is 14.1. The third-order valence-electron chi connectivity index (χ3n) is 3.62. The summed E-state index contributed by atoms with van der Waals surface area (Å²) >= 11 is 1.14. The molecule has 0 radical (unpaired) electrons. The molecule has 10 heteroatoms. The first-order chi connectivity index (χ1) is 13.2. The summed E-state index contributed by atoms with van der Waals surface area (Å²) in [5, 5.41) is 6.92. The zero-order chi connectivity index (χ0) is 20.3. The maximum absolute atomic E-state index is 12.5. The van der Waals surface area contributed by atoms with Crippen LogP contribution in [0.3, 0.4) is 0 Å². The van der Waals surface area contributed by atoms with E-state index in [9.17, 15) is 22.8 Å². The Balaban J connectivity index is 1.62. The molecule has 0 atom stereocenters. The summed E-state index contributed by atoms with van der Waals surface area (Å²) < 4.78 is 37.6. The monoisotopic (exact) mass is 406 g/mol. The molecular weight excluding hydrogens is 393 g/mol. The van der Waals surface area contributed by atoms with Crippen molar-refractivity contribution in [2.24, 2.45) is 5.73 Å². The number of nitrogens with one attached hydrogen (secondary N) is 2. The largest absolute Gasteiger partial charge is 0.416 e. The first-order valence-electron chi connectivity index (χ1n) is 7.83. The number of nitrogens with two attached hydrogens (primary N) is 1. The van der Waals surface area contributed by atoms with Gasteiger partial charge in [-0.3, -0.25) is 4.79 Å². The molecule has 144 valence electrons. The number of amides is 3. The molecule has 1 heterocycles. The number of hydrogen-bond acceptors (Lipinski definition) is 4. The second-order valence-electron chi connectivity index (χ2n) is 5.63. The quantitative estimate of drug-likeness (QED) is 0.592. The molecule has 3 rings (SSSR count). The van der Waals surface area contributed by atoms with Crippen LogP contribution in [0.1, 0.15) is 15.4 Å². The van der Waals surface area contributed by atoms with Crippen molar-refractivity contribution in [3.63, 3.8) is 0 Å². The number of carbonyl (C=O) groups excluding carboxylic acids is 2. The molecule has 3 amide bonds. The fraction of sp³-hybridized carbons (Fsp3) is 0.0556. The number of alkyl halides is 3. The van der Waals surface area contributed by atoms with Crippen molar-refractivity contribution in [1.82, 2.24) is 4.98 Å². The molecule has 0 aliphatic carbocycles. The van der Waals surface area contributed by atoms with E-state index in [0.29, 0.717) is 11.4 Å². The second kappa shape index (κ2) is 7.69. The van der Waals surface area contributed by atoms with Gasteiger partial charge in [0.05, 0.1) is 11.3 Å². The predicted molar refractivity (Wildman–Crippen MR) is 100 cm³/mol. The lowest BCUT2D eigenvalue weighted by molar-refractivity contribution is -0.137. The average molecular weight is 406 g/mol. The predicted octanol–water partition coefficient (Wildman–Crippen LogP) is 4.57. The maximum atomic E-state index is 12.5. The van der Waals surface area contributed by atoms with E-state index in [4.69, 9.17) is 5.73 Å². The molecule has 6 nitrogen and oxygen atoms in total. The molecular formula is C18H13F3N4O2S. The smallest absolute Gasteiger partial charge is 0.364 e. The van der Waals surface area contributed by atoms with E-state index >= 15 is 0 Å². The number of benzene rings is 2. The fourth-order valence-corrected chi connectivity index (χ4v) is 2.96. The highest BCUT2D eigenvalue weighted by molar-refractivity contribution is 7.12. The first-order valence-corrected chi connectivity index (χ1v) is 8.71. The minimum Gasteiger partial charge on any atom is -0.364 e. The van der Waals surface area contributed by atoms with Crippen LogP contribution in [0.25, 0.3) is 11.3 Å². The van der Waals surface area contributed by atoms with E-state index < -0.39 is 23.7 Å². The molecule has 0 fully saturated rings. The summed E-state index contributed by atoms with van der Waals surface area (Å²) in [6.07, 6.45) is -4.43. The normalized spacial score (nSPS) is 11.1. The van der Waals surface area contributed by atoms with Gasteiger partial charge >= 0.3 is 12.2 Å². The van der Waals surface area contributed by atoms with Crippen LogP contribution in [0.4, 0.5) is 29.3 Å². The molecule has 0 saturated carbocycles. The Kier molecular flexibility index (Phi) is 5.32. The molecule has 28 heavy (non-hydrogen) atoms. The van der Waals surface area contributed by atoms with Crippen LogP contribution in [0.5, 0.6) is 0 Å². The number of nitrogens with zero attached hydrogens (tertiary/aromatic N) is 1. The standard InChI is InChI=1S/C18H13F3N4O2S/c19-18(20,21)11-3-7-13(8-4-11)24-17(27)23-12-5-1-10(2-6-12)14-9-28-16(25-14)15(22)26/h1-9H,(H2,22,26)(H2,23,24,27). The first kappa shape index (κ1) is 19.4. The third kappa shape index (κ3) is 4.65. The average Bonchev–Trinajstić information content (AvgIpc) is 3.12. The van der Waals surface area contributed by atoms with Gasteiger partial charge in [0, 0.05) is 22.3 Å². The number of thiazole rings is 1. The van der Waals surface area contributed by atoms with Gasteiger partial charge in [-0.25, -0.2) is 9.78 Å². The van der Waals surface area contributed by atoms with Gasteiger partial charge in [0.15, 0.2) is 5.01 Å². The Labute approximate surface area is 161 Å². The van der Waals surface area contributed by atoms with Crippen LogP contribution in [0.15, 0.2) is 53.9 Å². The zero-order valence-corrected chi connectivity index (χ0v) is 14.9. The van der Waals surface area contributed by atoms with E-state index in [0.717, 1.165) is 29.0 Å². The Hall–Kier alpha value is -3.40. The number of urea groups is 1. The van der Waals surface area contributed by atoms with E-state index in [-0.39, 0.29) is 10.7 Å². The molecule has 3 aromatic rings. The van der Waals surface area contributed by atoms with Crippen LogP contribution in [0.2, 0.25) is 0 Å². The molecule has 0 aliphatic rings. The van der Waals surface area contributed by atoms with Crippen molar-refractivity contribution < 1.29 is 22.8 Å². The number of carbonyl (C=O) groups is 2. The summed E-state index contributed by atoms with van der Waals surface area (Å²) in [5.74, 6) is -0.602. The van der Waals surface area contributed by atoms with Crippen LogP contribution in [-0.4, -0.2) is 16.9 Å². The number of hydrogen-bond donors (Lipinski definition) is 3. The highest BCUT2D eigenvalue weighted by Gasteiger charge is 2.29. The van der Waals surface area contributed by atoms with Gasteiger partial charge in [-0.05, 0) is 36.4 Å². The lowest BCUT2D eigenvalue weighted by Gasteiger charge is -2.10. The fourth-order valence-electron chi connectivity index (χ4n) is 2.28. The summed E-state index contributed by atoms with van der Waals surface area (Å²) in [4.78, 5) is 27.2. The van der Waals surface area contributed by atoms with Crippen molar-refractivity contribution in [2.45, 2.75) is 6.18 Å². The van der Waals surface area contributed by atoms with E-state index in [1.165, 1.54) is 12.1 Å². The molecule has 1 aromatic heterocycles. The van der Waals surface area contributed by atoms with Gasteiger partial charge in [-0.15, -0.1) is 11.3 Å². The molecule has 0 bridgehead atoms. The number of halogens is 3. The molecule has 0 saturated heterocycles. The van der Waals surface area contributed by atoms with Gasteiger partial charge in [-0.1, -0.05) is 12.1 Å². The van der Waals surface area contributed by atoms with Gasteiger partial charge in [-0.2, -0.15) is 13.2 Å². The number of primary amides is 1.